The van der Waals surface area contributed by atoms with E-state index in [-0.39, 0.29) is 12.1 Å². The Bertz CT molecular complexity index is 218. The van der Waals surface area contributed by atoms with Gasteiger partial charge in [-0.15, -0.1) is 0 Å². The van der Waals surface area contributed by atoms with Crippen molar-refractivity contribution in [2.45, 2.75) is 50.2 Å². The van der Waals surface area contributed by atoms with Gasteiger partial charge in [-0.1, -0.05) is 0 Å². The molecule has 0 aliphatic carbocycles. The smallest absolute Gasteiger partial charge is 0.407 e. The van der Waals surface area contributed by atoms with E-state index in [2.05, 4.69) is 5.32 Å². The molecule has 2 rings (SSSR count). The zero-order chi connectivity index (χ0) is 10.1. The molecule has 2 saturated heterocycles. The summed E-state index contributed by atoms with van der Waals surface area (Å²) < 4.78 is 0. The van der Waals surface area contributed by atoms with Gasteiger partial charge in [0.25, 0.3) is 0 Å². The number of piperidine rings is 2. The van der Waals surface area contributed by atoms with Crippen LogP contribution in [0.3, 0.4) is 0 Å². The molecule has 2 bridgehead atoms. The van der Waals surface area contributed by atoms with Gasteiger partial charge < -0.3 is 15.3 Å². The SMILES string of the molecule is CN[C@H]1C[C@H]2CCC[C@@H](C1)N2C(=O)O. The highest BCUT2D eigenvalue weighted by molar-refractivity contribution is 5.66. The predicted molar refractivity (Wildman–Crippen MR) is 53.4 cm³/mol. The molecule has 80 valence electrons. The van der Waals surface area contributed by atoms with Gasteiger partial charge in [0.05, 0.1) is 0 Å². The van der Waals surface area contributed by atoms with Crippen LogP contribution in [-0.2, 0) is 0 Å². The number of carbonyl (C=O) groups is 1. The molecule has 0 spiro atoms. The van der Waals surface area contributed by atoms with Crippen molar-refractivity contribution in [1.82, 2.24) is 10.2 Å². The van der Waals surface area contributed by atoms with Gasteiger partial charge in [-0.05, 0) is 39.2 Å². The van der Waals surface area contributed by atoms with Crippen LogP contribution in [0.5, 0.6) is 0 Å². The minimum absolute atomic E-state index is 0.262. The van der Waals surface area contributed by atoms with Crippen molar-refractivity contribution < 1.29 is 9.90 Å². The maximum Gasteiger partial charge on any atom is 0.407 e. The van der Waals surface area contributed by atoms with Gasteiger partial charge >= 0.3 is 6.09 Å². The second kappa shape index (κ2) is 3.77. The van der Waals surface area contributed by atoms with E-state index in [9.17, 15) is 4.79 Å². The van der Waals surface area contributed by atoms with Crippen LogP contribution in [0, 0.1) is 0 Å². The second-order valence-electron chi connectivity index (χ2n) is 4.39. The largest absolute Gasteiger partial charge is 0.465 e. The summed E-state index contributed by atoms with van der Waals surface area (Å²) in [4.78, 5) is 12.8. The Morgan fingerprint density at radius 3 is 2.36 bits per heavy atom. The highest BCUT2D eigenvalue weighted by Gasteiger charge is 2.40. The fourth-order valence-corrected chi connectivity index (χ4v) is 2.93. The molecule has 14 heavy (non-hydrogen) atoms. The first-order valence-corrected chi connectivity index (χ1v) is 5.41. The Kier molecular flexibility index (Phi) is 2.63. The van der Waals surface area contributed by atoms with Crippen LogP contribution in [-0.4, -0.2) is 41.3 Å². The quantitative estimate of drug-likeness (QED) is 0.667. The molecule has 2 N–H and O–H groups in total. The monoisotopic (exact) mass is 198 g/mol. The van der Waals surface area contributed by atoms with Crippen LogP contribution in [0.15, 0.2) is 0 Å². The standard InChI is InChI=1S/C10H18N2O2/c1-11-7-5-8-3-2-4-9(6-7)12(8)10(13)14/h7-9,11H,2-6H2,1H3,(H,13,14)/t7-,8+,9-. The number of carboxylic acid groups (broad SMARTS) is 1. The van der Waals surface area contributed by atoms with Gasteiger partial charge in [0.2, 0.25) is 0 Å². The summed E-state index contributed by atoms with van der Waals surface area (Å²) in [5.74, 6) is 0. The summed E-state index contributed by atoms with van der Waals surface area (Å²) in [6, 6.07) is 1.04. The number of hydrogen-bond acceptors (Lipinski definition) is 2. The Morgan fingerprint density at radius 2 is 1.93 bits per heavy atom. The molecule has 0 aromatic rings. The highest BCUT2D eigenvalue weighted by atomic mass is 16.4. The zero-order valence-corrected chi connectivity index (χ0v) is 8.57. The zero-order valence-electron chi connectivity index (χ0n) is 8.57. The number of fused-ring (bicyclic) bond motifs is 2. The van der Waals surface area contributed by atoms with E-state index in [1.165, 1.54) is 6.42 Å². The maximum atomic E-state index is 11.1. The van der Waals surface area contributed by atoms with Gasteiger partial charge in [0.1, 0.15) is 0 Å². The predicted octanol–water partition coefficient (Wildman–Crippen LogP) is 1.27. The first-order chi connectivity index (χ1) is 6.72. The van der Waals surface area contributed by atoms with Gasteiger partial charge in [-0.3, -0.25) is 0 Å². The first kappa shape index (κ1) is 9.77. The lowest BCUT2D eigenvalue weighted by molar-refractivity contribution is 0.0316. The molecule has 3 atom stereocenters. The number of amides is 1. The minimum atomic E-state index is -0.728. The van der Waals surface area contributed by atoms with Crippen LogP contribution in [0.25, 0.3) is 0 Å². The molecule has 0 aromatic heterocycles. The number of rotatable bonds is 1. The summed E-state index contributed by atoms with van der Waals surface area (Å²) in [5, 5.41) is 12.4. The topological polar surface area (TPSA) is 52.6 Å². The van der Waals surface area contributed by atoms with Gasteiger partial charge in [0, 0.05) is 18.1 Å². The van der Waals surface area contributed by atoms with Crippen LogP contribution in [0.1, 0.15) is 32.1 Å². The lowest BCUT2D eigenvalue weighted by Crippen LogP contribution is -2.57. The molecule has 2 heterocycles. The molecule has 2 aliphatic rings. The molecular formula is C10H18N2O2. The average molecular weight is 198 g/mol. The summed E-state index contributed by atoms with van der Waals surface area (Å²) in [6.07, 6.45) is 4.52. The second-order valence-corrected chi connectivity index (χ2v) is 4.39. The van der Waals surface area contributed by atoms with Gasteiger partial charge in [-0.25, -0.2) is 4.79 Å². The van der Waals surface area contributed by atoms with Crippen molar-refractivity contribution in [3.63, 3.8) is 0 Å². The third kappa shape index (κ3) is 1.59. The van der Waals surface area contributed by atoms with Crippen LogP contribution >= 0.6 is 0 Å². The van der Waals surface area contributed by atoms with Crippen molar-refractivity contribution in [1.29, 1.82) is 0 Å². The third-order valence-corrected chi connectivity index (χ3v) is 3.60. The minimum Gasteiger partial charge on any atom is -0.465 e. The molecule has 0 radical (unpaired) electrons. The summed E-state index contributed by atoms with van der Waals surface area (Å²) in [5.41, 5.74) is 0. The molecule has 2 fully saturated rings. The number of hydrogen-bond donors (Lipinski definition) is 2. The van der Waals surface area contributed by atoms with E-state index in [1.807, 2.05) is 7.05 Å². The lowest BCUT2D eigenvalue weighted by Gasteiger charge is -2.47. The molecule has 0 unspecified atom stereocenters. The van der Waals surface area contributed by atoms with E-state index in [4.69, 9.17) is 5.11 Å². The van der Waals surface area contributed by atoms with E-state index in [0.29, 0.717) is 6.04 Å². The molecular weight excluding hydrogens is 180 g/mol. The normalized spacial score (nSPS) is 36.9. The molecule has 4 nitrogen and oxygen atoms in total. The first-order valence-electron chi connectivity index (χ1n) is 5.41. The molecule has 4 heteroatoms. The number of nitrogens with one attached hydrogen (secondary N) is 1. The van der Waals surface area contributed by atoms with E-state index < -0.39 is 6.09 Å². The summed E-state index contributed by atoms with van der Waals surface area (Å²) >= 11 is 0. The summed E-state index contributed by atoms with van der Waals surface area (Å²) in [7, 11) is 1.97. The maximum absolute atomic E-state index is 11.1. The van der Waals surface area contributed by atoms with Crippen LogP contribution in [0.4, 0.5) is 4.79 Å². The Hall–Kier alpha value is -0.770. The molecule has 2 aliphatic heterocycles. The van der Waals surface area contributed by atoms with E-state index in [0.717, 1.165) is 25.7 Å². The molecule has 1 amide bonds. The van der Waals surface area contributed by atoms with Crippen molar-refractivity contribution in [2.75, 3.05) is 7.05 Å². The fraction of sp³-hybridized carbons (Fsp3) is 0.900. The van der Waals surface area contributed by atoms with Crippen molar-refractivity contribution in [3.8, 4) is 0 Å². The fourth-order valence-electron chi connectivity index (χ4n) is 2.93. The summed E-state index contributed by atoms with van der Waals surface area (Å²) in [6.45, 7) is 0. The van der Waals surface area contributed by atoms with Crippen LogP contribution in [0.2, 0.25) is 0 Å². The van der Waals surface area contributed by atoms with E-state index >= 15 is 0 Å². The third-order valence-electron chi connectivity index (χ3n) is 3.60. The Labute approximate surface area is 84.3 Å². The van der Waals surface area contributed by atoms with Gasteiger partial charge in [-0.2, -0.15) is 0 Å². The highest BCUT2D eigenvalue weighted by Crippen LogP contribution is 2.33. The molecule has 0 saturated carbocycles. The lowest BCUT2D eigenvalue weighted by atomic mass is 9.82. The van der Waals surface area contributed by atoms with Crippen molar-refractivity contribution in [3.05, 3.63) is 0 Å². The Balaban J connectivity index is 2.11. The van der Waals surface area contributed by atoms with E-state index in [1.54, 1.807) is 4.90 Å². The van der Waals surface area contributed by atoms with Crippen LogP contribution < -0.4 is 5.32 Å². The van der Waals surface area contributed by atoms with Crippen molar-refractivity contribution >= 4 is 6.09 Å². The molecule has 0 aromatic carbocycles. The van der Waals surface area contributed by atoms with Crippen molar-refractivity contribution in [2.24, 2.45) is 0 Å². The van der Waals surface area contributed by atoms with Gasteiger partial charge in [0.15, 0.2) is 0 Å². The number of nitrogens with zero attached hydrogens (tertiary/aromatic N) is 1. The Morgan fingerprint density at radius 1 is 1.36 bits per heavy atom. The average Bonchev–Trinajstić information content (AvgIpc) is 2.15.